The third-order valence-electron chi connectivity index (χ3n) is 11.8. The van der Waals surface area contributed by atoms with Crippen molar-refractivity contribution in [3.05, 3.63) is 165 Å². The molecule has 6 rings (SSSR count). The number of aryl methyl sites for hydroxylation is 2. The fourth-order valence-corrected chi connectivity index (χ4v) is 8.63. The SMILES string of the molecule is Cc1cc(-c2ccccc2)cc(-c2ccc(CC(C)c3cc(C(C)C)cc(C(C)C)c3-c3cc(C)cc(-c4c(C(C)C)cc(C(C)C)cc4C(C)C)c3)cc2)c1. The van der Waals surface area contributed by atoms with Gasteiger partial charge in [0.2, 0.25) is 0 Å². The van der Waals surface area contributed by atoms with E-state index in [0.717, 1.165) is 6.42 Å². The lowest BCUT2D eigenvalue weighted by atomic mass is 9.78. The Morgan fingerprint density at radius 2 is 0.714 bits per heavy atom. The van der Waals surface area contributed by atoms with Gasteiger partial charge in [-0.3, -0.25) is 0 Å². The van der Waals surface area contributed by atoms with E-state index in [1.54, 1.807) is 0 Å². The Bertz CT molecular complexity index is 2250. The van der Waals surface area contributed by atoms with Crippen molar-refractivity contribution in [2.75, 3.05) is 0 Å². The first-order valence-corrected chi connectivity index (χ1v) is 21.4. The Hall–Kier alpha value is -4.68. The van der Waals surface area contributed by atoms with Crippen molar-refractivity contribution in [3.8, 4) is 44.5 Å². The molecule has 0 saturated heterocycles. The number of hydrogen-bond acceptors (Lipinski definition) is 0. The highest BCUT2D eigenvalue weighted by Crippen LogP contribution is 2.44. The van der Waals surface area contributed by atoms with Gasteiger partial charge in [-0.15, -0.1) is 0 Å². The van der Waals surface area contributed by atoms with Crippen LogP contribution in [0.5, 0.6) is 0 Å². The molecular formula is C56H66. The molecule has 0 aliphatic carbocycles. The topological polar surface area (TPSA) is 0 Å². The highest BCUT2D eigenvalue weighted by molar-refractivity contribution is 5.82. The maximum atomic E-state index is 2.54. The van der Waals surface area contributed by atoms with Crippen LogP contribution in [0.2, 0.25) is 0 Å². The van der Waals surface area contributed by atoms with Gasteiger partial charge in [0.05, 0.1) is 0 Å². The van der Waals surface area contributed by atoms with Crippen LogP contribution in [0.25, 0.3) is 44.5 Å². The average Bonchev–Trinajstić information content (AvgIpc) is 3.16. The van der Waals surface area contributed by atoms with E-state index in [1.165, 1.54) is 94.6 Å². The van der Waals surface area contributed by atoms with Crippen LogP contribution in [0.3, 0.4) is 0 Å². The van der Waals surface area contributed by atoms with Crippen LogP contribution >= 0.6 is 0 Å². The van der Waals surface area contributed by atoms with E-state index in [4.69, 9.17) is 0 Å². The summed E-state index contributed by atoms with van der Waals surface area (Å²) in [4.78, 5) is 0. The zero-order valence-electron chi connectivity index (χ0n) is 36.6. The number of rotatable bonds is 12. The summed E-state index contributed by atoms with van der Waals surface area (Å²) in [6, 6.07) is 44.5. The largest absolute Gasteiger partial charge is 0.0622 e. The molecule has 0 heteroatoms. The fraction of sp³-hybridized carbons (Fsp3) is 0.357. The molecule has 0 aliphatic rings. The van der Waals surface area contributed by atoms with Crippen molar-refractivity contribution in [1.82, 2.24) is 0 Å². The Kier molecular flexibility index (Phi) is 12.6. The van der Waals surface area contributed by atoms with E-state index in [9.17, 15) is 0 Å². The second kappa shape index (κ2) is 17.2. The molecule has 1 unspecified atom stereocenters. The van der Waals surface area contributed by atoms with Gasteiger partial charge in [-0.25, -0.2) is 0 Å². The highest BCUT2D eigenvalue weighted by Gasteiger charge is 2.24. The van der Waals surface area contributed by atoms with Gasteiger partial charge in [0.1, 0.15) is 0 Å². The van der Waals surface area contributed by atoms with Gasteiger partial charge >= 0.3 is 0 Å². The summed E-state index contributed by atoms with van der Waals surface area (Å²) in [5, 5.41) is 0. The Balaban J connectivity index is 1.44. The highest BCUT2D eigenvalue weighted by atomic mass is 14.3. The standard InChI is InChI=1S/C56H66/c1-34(2)45-30-51(36(5)6)55(52(31-45)37(7)8)49-25-40(12)26-50(29-49)56-53(38(9)10)32-46(35(3)4)33-54(56)41(13)27-42-19-21-44(22-20-42)48-24-39(11)23-47(28-48)43-17-15-14-16-18-43/h14-26,28-38,41H,27H2,1-13H3. The molecule has 290 valence electrons. The van der Waals surface area contributed by atoms with Gasteiger partial charge in [-0.2, -0.15) is 0 Å². The zero-order valence-corrected chi connectivity index (χ0v) is 36.6. The van der Waals surface area contributed by atoms with E-state index < -0.39 is 0 Å². The van der Waals surface area contributed by atoms with Crippen molar-refractivity contribution < 1.29 is 0 Å². The van der Waals surface area contributed by atoms with Crippen LogP contribution in [-0.4, -0.2) is 0 Å². The minimum atomic E-state index is 0.336. The molecular weight excluding hydrogens is 673 g/mol. The zero-order chi connectivity index (χ0) is 40.4. The Morgan fingerprint density at radius 1 is 0.339 bits per heavy atom. The predicted octanol–water partition coefficient (Wildman–Crippen LogP) is 16.9. The lowest BCUT2D eigenvalue weighted by Crippen LogP contribution is -2.08. The van der Waals surface area contributed by atoms with Crippen LogP contribution in [-0.2, 0) is 6.42 Å². The molecule has 0 aliphatic heterocycles. The molecule has 56 heavy (non-hydrogen) atoms. The predicted molar refractivity (Wildman–Crippen MR) is 247 cm³/mol. The normalized spacial score (nSPS) is 12.5. The van der Waals surface area contributed by atoms with Crippen molar-refractivity contribution >= 4 is 0 Å². The summed E-state index contributed by atoms with van der Waals surface area (Å²) >= 11 is 0. The van der Waals surface area contributed by atoms with Crippen LogP contribution in [0.1, 0.15) is 162 Å². The Morgan fingerprint density at radius 3 is 1.14 bits per heavy atom. The lowest BCUT2D eigenvalue weighted by Gasteiger charge is -2.27. The van der Waals surface area contributed by atoms with Gasteiger partial charge in [0.15, 0.2) is 0 Å². The summed E-state index contributed by atoms with van der Waals surface area (Å²) in [6.07, 6.45) is 0.986. The van der Waals surface area contributed by atoms with Gasteiger partial charge in [-0.1, -0.05) is 179 Å². The average molecular weight is 739 g/mol. The van der Waals surface area contributed by atoms with Crippen molar-refractivity contribution in [3.63, 3.8) is 0 Å². The molecule has 0 aromatic heterocycles. The van der Waals surface area contributed by atoms with Gasteiger partial charge in [-0.05, 0) is 162 Å². The van der Waals surface area contributed by atoms with Gasteiger partial charge < -0.3 is 0 Å². The van der Waals surface area contributed by atoms with Crippen molar-refractivity contribution in [2.45, 2.75) is 132 Å². The van der Waals surface area contributed by atoms with Crippen molar-refractivity contribution in [1.29, 1.82) is 0 Å². The van der Waals surface area contributed by atoms with E-state index >= 15 is 0 Å². The minimum absolute atomic E-state index is 0.336. The quantitative estimate of drug-likeness (QED) is 0.117. The molecule has 0 nitrogen and oxygen atoms in total. The Labute approximate surface area is 340 Å². The second-order valence-corrected chi connectivity index (χ2v) is 18.3. The maximum Gasteiger partial charge on any atom is -0.0114 e. The molecule has 0 radical (unpaired) electrons. The third-order valence-corrected chi connectivity index (χ3v) is 11.8. The van der Waals surface area contributed by atoms with Crippen LogP contribution in [0, 0.1) is 13.8 Å². The molecule has 6 aromatic rings. The molecule has 0 bridgehead atoms. The number of hydrogen-bond donors (Lipinski definition) is 0. The first kappa shape index (κ1) is 41.0. The maximum absolute atomic E-state index is 2.54. The number of benzene rings is 6. The summed E-state index contributed by atoms with van der Waals surface area (Å²) in [6.45, 7) is 30.5. The van der Waals surface area contributed by atoms with E-state index in [1.807, 2.05) is 0 Å². The lowest BCUT2D eigenvalue weighted by molar-refractivity contribution is 0.747. The van der Waals surface area contributed by atoms with Gasteiger partial charge in [0.25, 0.3) is 0 Å². The van der Waals surface area contributed by atoms with Gasteiger partial charge in [0, 0.05) is 0 Å². The third kappa shape index (κ3) is 8.97. The summed E-state index contributed by atoms with van der Waals surface area (Å²) in [7, 11) is 0. The summed E-state index contributed by atoms with van der Waals surface area (Å²) < 4.78 is 0. The molecule has 6 aromatic carbocycles. The smallest absolute Gasteiger partial charge is 0.0114 e. The van der Waals surface area contributed by atoms with Crippen LogP contribution in [0.4, 0.5) is 0 Å². The summed E-state index contributed by atoms with van der Waals surface area (Å²) in [5.74, 6) is 2.55. The minimum Gasteiger partial charge on any atom is -0.0622 e. The van der Waals surface area contributed by atoms with E-state index in [2.05, 4.69) is 205 Å². The van der Waals surface area contributed by atoms with E-state index in [0.29, 0.717) is 35.5 Å². The first-order chi connectivity index (χ1) is 26.6. The fourth-order valence-electron chi connectivity index (χ4n) is 8.63. The molecule has 0 fully saturated rings. The summed E-state index contributed by atoms with van der Waals surface area (Å²) in [5.41, 5.74) is 23.4. The second-order valence-electron chi connectivity index (χ2n) is 18.3. The van der Waals surface area contributed by atoms with Crippen molar-refractivity contribution in [2.24, 2.45) is 0 Å². The first-order valence-electron chi connectivity index (χ1n) is 21.4. The molecule has 0 saturated carbocycles. The molecule has 1 atom stereocenters. The monoisotopic (exact) mass is 739 g/mol. The van der Waals surface area contributed by atoms with Crippen LogP contribution < -0.4 is 0 Å². The molecule has 0 heterocycles. The van der Waals surface area contributed by atoms with Crippen LogP contribution in [0.15, 0.2) is 115 Å². The molecule has 0 amide bonds. The van der Waals surface area contributed by atoms with E-state index in [-0.39, 0.29) is 0 Å². The molecule has 0 spiro atoms. The molecule has 0 N–H and O–H groups in total.